The molecule has 3 aromatic rings. The van der Waals surface area contributed by atoms with Gasteiger partial charge in [0, 0.05) is 0 Å². The highest BCUT2D eigenvalue weighted by atomic mass is 32.1. The van der Waals surface area contributed by atoms with Gasteiger partial charge < -0.3 is 5.73 Å². The Hall–Kier alpha value is -1.87. The number of nitrogens with zero attached hydrogens (tertiary/aromatic N) is 1. The molecule has 3 heteroatoms. The van der Waals surface area contributed by atoms with Gasteiger partial charge in [-0.3, -0.25) is 0 Å². The van der Waals surface area contributed by atoms with Gasteiger partial charge in [-0.2, -0.15) is 0 Å². The standard InChI is InChI=1S/C14H12N2S/c1-9-3-2-4-10(7-9)11-5-6-12-13(8-11)17-14(15)16-12/h2-8H,1H3,(H2,15,16). The van der Waals surface area contributed by atoms with Crippen molar-refractivity contribution in [1.29, 1.82) is 0 Å². The SMILES string of the molecule is Cc1cccc(-c2ccc3nc(N)sc3c2)c1. The molecule has 0 saturated heterocycles. The van der Waals surface area contributed by atoms with Crippen molar-refractivity contribution in [3.63, 3.8) is 0 Å². The molecule has 0 unspecified atom stereocenters. The van der Waals surface area contributed by atoms with Gasteiger partial charge in [-0.15, -0.1) is 0 Å². The van der Waals surface area contributed by atoms with Gasteiger partial charge >= 0.3 is 0 Å². The molecule has 0 atom stereocenters. The van der Waals surface area contributed by atoms with Crippen molar-refractivity contribution in [3.05, 3.63) is 48.0 Å². The van der Waals surface area contributed by atoms with E-state index in [9.17, 15) is 0 Å². The third-order valence-corrected chi connectivity index (χ3v) is 3.60. The summed E-state index contributed by atoms with van der Waals surface area (Å²) in [6, 6.07) is 14.8. The molecule has 1 aromatic heterocycles. The van der Waals surface area contributed by atoms with Crippen LogP contribution in [0.4, 0.5) is 5.13 Å². The van der Waals surface area contributed by atoms with Gasteiger partial charge in [0.25, 0.3) is 0 Å². The minimum atomic E-state index is 0.626. The zero-order chi connectivity index (χ0) is 11.8. The third kappa shape index (κ3) is 1.89. The van der Waals surface area contributed by atoms with Crippen molar-refractivity contribution in [2.24, 2.45) is 0 Å². The van der Waals surface area contributed by atoms with Crippen LogP contribution in [0.3, 0.4) is 0 Å². The Labute approximate surface area is 104 Å². The van der Waals surface area contributed by atoms with E-state index in [0.717, 1.165) is 10.2 Å². The van der Waals surface area contributed by atoms with Crippen LogP contribution in [0.15, 0.2) is 42.5 Å². The molecule has 3 rings (SSSR count). The Bertz CT molecular complexity index is 686. The molecular formula is C14H12N2S. The highest BCUT2D eigenvalue weighted by Gasteiger charge is 2.03. The van der Waals surface area contributed by atoms with Crippen LogP contribution in [-0.2, 0) is 0 Å². The summed E-state index contributed by atoms with van der Waals surface area (Å²) in [6.07, 6.45) is 0. The van der Waals surface area contributed by atoms with E-state index in [2.05, 4.69) is 48.3 Å². The number of benzene rings is 2. The molecule has 0 radical (unpaired) electrons. The lowest BCUT2D eigenvalue weighted by Gasteiger charge is -2.02. The first-order valence-corrected chi connectivity index (χ1v) is 6.27. The summed E-state index contributed by atoms with van der Waals surface area (Å²) in [5.41, 5.74) is 10.4. The monoisotopic (exact) mass is 240 g/mol. The normalized spacial score (nSPS) is 10.9. The van der Waals surface area contributed by atoms with Crippen molar-refractivity contribution in [2.45, 2.75) is 6.92 Å². The Kier molecular flexibility index (Phi) is 2.34. The van der Waals surface area contributed by atoms with Crippen LogP contribution in [0.1, 0.15) is 5.56 Å². The minimum absolute atomic E-state index is 0.626. The number of hydrogen-bond donors (Lipinski definition) is 1. The molecule has 0 fully saturated rings. The number of aromatic nitrogens is 1. The van der Waals surface area contributed by atoms with Crippen LogP contribution in [0.25, 0.3) is 21.3 Å². The summed E-state index contributed by atoms with van der Waals surface area (Å²) >= 11 is 1.53. The smallest absolute Gasteiger partial charge is 0.181 e. The molecule has 2 N–H and O–H groups in total. The molecule has 0 aliphatic heterocycles. The summed E-state index contributed by atoms with van der Waals surface area (Å²) in [5, 5.41) is 0.626. The van der Waals surface area contributed by atoms with E-state index >= 15 is 0 Å². The average Bonchev–Trinajstić information content (AvgIpc) is 2.68. The van der Waals surface area contributed by atoms with Gasteiger partial charge in [-0.05, 0) is 30.2 Å². The predicted octanol–water partition coefficient (Wildman–Crippen LogP) is 3.85. The average molecular weight is 240 g/mol. The maximum absolute atomic E-state index is 5.71. The lowest BCUT2D eigenvalue weighted by Crippen LogP contribution is -1.80. The second-order valence-corrected chi connectivity index (χ2v) is 5.17. The lowest BCUT2D eigenvalue weighted by molar-refractivity contribution is 1.46. The molecule has 1 heterocycles. The Morgan fingerprint density at radius 2 is 1.88 bits per heavy atom. The molecule has 0 spiro atoms. The fourth-order valence-electron chi connectivity index (χ4n) is 1.95. The van der Waals surface area contributed by atoms with E-state index in [4.69, 9.17) is 5.73 Å². The maximum Gasteiger partial charge on any atom is 0.181 e. The van der Waals surface area contributed by atoms with Gasteiger partial charge in [0.15, 0.2) is 5.13 Å². The zero-order valence-corrected chi connectivity index (χ0v) is 10.3. The summed E-state index contributed by atoms with van der Waals surface area (Å²) < 4.78 is 1.14. The quantitative estimate of drug-likeness (QED) is 0.701. The van der Waals surface area contributed by atoms with E-state index in [1.54, 1.807) is 0 Å². The fraction of sp³-hybridized carbons (Fsp3) is 0.0714. The molecule has 0 aliphatic rings. The second kappa shape index (κ2) is 3.86. The highest BCUT2D eigenvalue weighted by Crippen LogP contribution is 2.29. The molecule has 0 aliphatic carbocycles. The van der Waals surface area contributed by atoms with Crippen molar-refractivity contribution in [1.82, 2.24) is 4.98 Å². The zero-order valence-electron chi connectivity index (χ0n) is 9.47. The number of fused-ring (bicyclic) bond motifs is 1. The van der Waals surface area contributed by atoms with E-state index in [0.29, 0.717) is 5.13 Å². The van der Waals surface area contributed by atoms with Gasteiger partial charge in [0.1, 0.15) is 0 Å². The molecule has 2 aromatic carbocycles. The van der Waals surface area contributed by atoms with Crippen molar-refractivity contribution >= 4 is 26.7 Å². The van der Waals surface area contributed by atoms with E-state index < -0.39 is 0 Å². The van der Waals surface area contributed by atoms with Crippen molar-refractivity contribution < 1.29 is 0 Å². The summed E-state index contributed by atoms with van der Waals surface area (Å²) in [4.78, 5) is 4.26. The van der Waals surface area contributed by atoms with Gasteiger partial charge in [-0.25, -0.2) is 4.98 Å². The maximum atomic E-state index is 5.71. The number of rotatable bonds is 1. The van der Waals surface area contributed by atoms with Crippen LogP contribution in [-0.4, -0.2) is 4.98 Å². The van der Waals surface area contributed by atoms with Crippen LogP contribution >= 0.6 is 11.3 Å². The molecule has 0 saturated carbocycles. The molecule has 84 valence electrons. The first-order valence-electron chi connectivity index (χ1n) is 5.45. The van der Waals surface area contributed by atoms with Gasteiger partial charge in [0.05, 0.1) is 10.2 Å². The van der Waals surface area contributed by atoms with Gasteiger partial charge in [0.2, 0.25) is 0 Å². The first kappa shape index (κ1) is 10.3. The van der Waals surface area contributed by atoms with Crippen LogP contribution in [0.5, 0.6) is 0 Å². The first-order chi connectivity index (χ1) is 8.22. The van der Waals surface area contributed by atoms with Crippen LogP contribution < -0.4 is 5.73 Å². The van der Waals surface area contributed by atoms with Crippen molar-refractivity contribution in [2.75, 3.05) is 5.73 Å². The van der Waals surface area contributed by atoms with Crippen LogP contribution in [0.2, 0.25) is 0 Å². The minimum Gasteiger partial charge on any atom is -0.375 e. The predicted molar refractivity (Wildman–Crippen MR) is 74.2 cm³/mol. The van der Waals surface area contributed by atoms with Crippen LogP contribution in [0, 0.1) is 6.92 Å². The molecule has 17 heavy (non-hydrogen) atoms. The lowest BCUT2D eigenvalue weighted by atomic mass is 10.0. The number of aryl methyl sites for hydroxylation is 1. The Morgan fingerprint density at radius 1 is 1.06 bits per heavy atom. The number of nitrogen functional groups attached to an aromatic ring is 1. The third-order valence-electron chi connectivity index (χ3n) is 2.76. The second-order valence-electron chi connectivity index (χ2n) is 4.10. The Morgan fingerprint density at radius 3 is 2.71 bits per heavy atom. The largest absolute Gasteiger partial charge is 0.375 e. The van der Waals surface area contributed by atoms with Crippen molar-refractivity contribution in [3.8, 4) is 11.1 Å². The summed E-state index contributed by atoms with van der Waals surface area (Å²) in [7, 11) is 0. The van der Waals surface area contributed by atoms with E-state index in [1.165, 1.54) is 28.0 Å². The number of nitrogens with two attached hydrogens (primary N) is 1. The van der Waals surface area contributed by atoms with Gasteiger partial charge in [-0.1, -0.05) is 47.2 Å². The summed E-state index contributed by atoms with van der Waals surface area (Å²) in [5.74, 6) is 0. The fourth-order valence-corrected chi connectivity index (χ4v) is 2.72. The van der Waals surface area contributed by atoms with E-state index in [-0.39, 0.29) is 0 Å². The summed E-state index contributed by atoms with van der Waals surface area (Å²) in [6.45, 7) is 2.10. The highest BCUT2D eigenvalue weighted by molar-refractivity contribution is 7.22. The Balaban J connectivity index is 2.17. The van der Waals surface area contributed by atoms with E-state index in [1.807, 2.05) is 6.07 Å². The number of hydrogen-bond acceptors (Lipinski definition) is 3. The number of anilines is 1. The number of thiazole rings is 1. The molecule has 0 amide bonds. The molecule has 2 nitrogen and oxygen atoms in total. The molecular weight excluding hydrogens is 228 g/mol. The topological polar surface area (TPSA) is 38.9 Å². The molecule has 0 bridgehead atoms.